The van der Waals surface area contributed by atoms with Crippen LogP contribution in [-0.2, 0) is 9.53 Å². The monoisotopic (exact) mass is 360 g/mol. The standard InChI is InChI=1S/C21H32N2O3/c1-5-23(6-2)18-12-10-17(11-13-18)21(25)26-14-20(24)22-19-9-7-8-15(3)16(19)4/h10-13,15-16,19H,5-9,14H2,1-4H3,(H,22,24)/t15-,16+,19-/m1/s1. The molecule has 1 amide bonds. The van der Waals surface area contributed by atoms with Crippen molar-refractivity contribution in [1.82, 2.24) is 5.32 Å². The molecule has 26 heavy (non-hydrogen) atoms. The normalized spacial score (nSPS) is 22.5. The highest BCUT2D eigenvalue weighted by Crippen LogP contribution is 2.29. The number of rotatable bonds is 7. The topological polar surface area (TPSA) is 58.6 Å². The molecule has 3 atom stereocenters. The fourth-order valence-corrected chi connectivity index (χ4v) is 3.65. The maximum atomic E-state index is 12.2. The molecule has 144 valence electrons. The summed E-state index contributed by atoms with van der Waals surface area (Å²) in [5.41, 5.74) is 1.54. The maximum Gasteiger partial charge on any atom is 0.338 e. The van der Waals surface area contributed by atoms with E-state index < -0.39 is 5.97 Å². The molecule has 0 heterocycles. The summed E-state index contributed by atoms with van der Waals surface area (Å²) < 4.78 is 5.18. The Labute approximate surface area is 157 Å². The Bertz CT molecular complexity index is 596. The minimum absolute atomic E-state index is 0.179. The third kappa shape index (κ3) is 5.23. The molecule has 1 saturated carbocycles. The number of ether oxygens (including phenoxy) is 1. The predicted octanol–water partition coefficient (Wildman–Crippen LogP) is 3.63. The van der Waals surface area contributed by atoms with Gasteiger partial charge in [-0.05, 0) is 56.4 Å². The Kier molecular flexibility index (Phi) is 7.49. The van der Waals surface area contributed by atoms with E-state index in [1.165, 1.54) is 6.42 Å². The van der Waals surface area contributed by atoms with Gasteiger partial charge in [0.15, 0.2) is 6.61 Å². The zero-order valence-electron chi connectivity index (χ0n) is 16.5. The third-order valence-corrected chi connectivity index (χ3v) is 5.62. The quantitative estimate of drug-likeness (QED) is 0.755. The van der Waals surface area contributed by atoms with Crippen molar-refractivity contribution in [2.24, 2.45) is 11.8 Å². The lowest BCUT2D eigenvalue weighted by atomic mass is 9.78. The molecule has 1 N–H and O–H groups in total. The molecular formula is C21H32N2O3. The van der Waals surface area contributed by atoms with Gasteiger partial charge in [0.1, 0.15) is 0 Å². The molecule has 5 nitrogen and oxygen atoms in total. The number of nitrogens with zero attached hydrogens (tertiary/aromatic N) is 1. The number of nitrogens with one attached hydrogen (secondary N) is 1. The van der Waals surface area contributed by atoms with Crippen LogP contribution >= 0.6 is 0 Å². The molecular weight excluding hydrogens is 328 g/mol. The summed E-state index contributed by atoms with van der Waals surface area (Å²) in [5, 5.41) is 3.02. The van der Waals surface area contributed by atoms with Crippen LogP contribution in [0.1, 0.15) is 57.3 Å². The highest BCUT2D eigenvalue weighted by atomic mass is 16.5. The molecule has 0 aliphatic heterocycles. The summed E-state index contributed by atoms with van der Waals surface area (Å²) in [6.45, 7) is 10.2. The van der Waals surface area contributed by atoms with E-state index in [2.05, 4.69) is 37.9 Å². The van der Waals surface area contributed by atoms with E-state index in [0.29, 0.717) is 17.4 Å². The SMILES string of the molecule is CCN(CC)c1ccc(C(=O)OCC(=O)N[C@@H]2CCC[C@@H](C)[C@@H]2C)cc1. The Balaban J connectivity index is 1.83. The highest BCUT2D eigenvalue weighted by Gasteiger charge is 2.28. The van der Waals surface area contributed by atoms with Gasteiger partial charge in [0.25, 0.3) is 5.91 Å². The zero-order chi connectivity index (χ0) is 19.1. The van der Waals surface area contributed by atoms with E-state index >= 15 is 0 Å². The first-order valence-electron chi connectivity index (χ1n) is 9.77. The number of esters is 1. The van der Waals surface area contributed by atoms with Crippen molar-refractivity contribution in [3.05, 3.63) is 29.8 Å². The van der Waals surface area contributed by atoms with Crippen LogP contribution in [0.4, 0.5) is 5.69 Å². The van der Waals surface area contributed by atoms with Crippen LogP contribution in [0.25, 0.3) is 0 Å². The number of hydrogen-bond acceptors (Lipinski definition) is 4. The minimum Gasteiger partial charge on any atom is -0.452 e. The van der Waals surface area contributed by atoms with Crippen LogP contribution in [0.15, 0.2) is 24.3 Å². The van der Waals surface area contributed by atoms with Gasteiger partial charge in [-0.3, -0.25) is 4.79 Å². The van der Waals surface area contributed by atoms with E-state index in [1.54, 1.807) is 12.1 Å². The van der Waals surface area contributed by atoms with Crippen LogP contribution in [0.5, 0.6) is 0 Å². The molecule has 0 spiro atoms. The molecule has 0 radical (unpaired) electrons. The Morgan fingerprint density at radius 3 is 2.38 bits per heavy atom. The minimum atomic E-state index is -0.462. The number of anilines is 1. The van der Waals surface area contributed by atoms with E-state index in [4.69, 9.17) is 4.74 Å². The number of carbonyl (C=O) groups excluding carboxylic acids is 2. The molecule has 0 unspecified atom stereocenters. The van der Waals surface area contributed by atoms with Crippen molar-refractivity contribution in [3.63, 3.8) is 0 Å². The fraction of sp³-hybridized carbons (Fsp3) is 0.619. The van der Waals surface area contributed by atoms with Gasteiger partial charge < -0.3 is 15.0 Å². The molecule has 0 saturated heterocycles. The summed E-state index contributed by atoms with van der Waals surface area (Å²) in [6, 6.07) is 7.50. The number of amides is 1. The van der Waals surface area contributed by atoms with Gasteiger partial charge in [-0.1, -0.05) is 26.7 Å². The summed E-state index contributed by atoms with van der Waals surface area (Å²) >= 11 is 0. The number of carbonyl (C=O) groups is 2. The lowest BCUT2D eigenvalue weighted by molar-refractivity contribution is -0.125. The van der Waals surface area contributed by atoms with Crippen molar-refractivity contribution in [1.29, 1.82) is 0 Å². The van der Waals surface area contributed by atoms with Gasteiger partial charge in [0, 0.05) is 24.8 Å². The average Bonchev–Trinajstić information content (AvgIpc) is 2.65. The Hall–Kier alpha value is -2.04. The van der Waals surface area contributed by atoms with Gasteiger partial charge >= 0.3 is 5.97 Å². The molecule has 0 bridgehead atoms. The van der Waals surface area contributed by atoms with E-state index in [1.807, 2.05) is 12.1 Å². The lowest BCUT2D eigenvalue weighted by Crippen LogP contribution is -2.45. The first kappa shape index (κ1) is 20.3. The molecule has 1 fully saturated rings. The van der Waals surface area contributed by atoms with Gasteiger partial charge in [-0.25, -0.2) is 4.79 Å². The third-order valence-electron chi connectivity index (χ3n) is 5.62. The molecule has 0 aromatic heterocycles. The van der Waals surface area contributed by atoms with Crippen molar-refractivity contribution < 1.29 is 14.3 Å². The molecule has 2 rings (SSSR count). The lowest BCUT2D eigenvalue weighted by Gasteiger charge is -2.34. The van der Waals surface area contributed by atoms with Crippen LogP contribution in [0.2, 0.25) is 0 Å². The first-order valence-corrected chi connectivity index (χ1v) is 9.77. The largest absolute Gasteiger partial charge is 0.452 e. The predicted molar refractivity (Wildman–Crippen MR) is 104 cm³/mol. The molecule has 5 heteroatoms. The first-order chi connectivity index (χ1) is 12.5. The molecule has 1 aromatic carbocycles. The van der Waals surface area contributed by atoms with E-state index in [0.717, 1.165) is 31.6 Å². The summed E-state index contributed by atoms with van der Waals surface area (Å²) in [5.74, 6) is 0.386. The van der Waals surface area contributed by atoms with Crippen LogP contribution in [0, 0.1) is 11.8 Å². The van der Waals surface area contributed by atoms with Crippen LogP contribution < -0.4 is 10.2 Å². The van der Waals surface area contributed by atoms with Crippen LogP contribution in [-0.4, -0.2) is 37.6 Å². The summed E-state index contributed by atoms with van der Waals surface area (Å²) in [7, 11) is 0. The second-order valence-corrected chi connectivity index (χ2v) is 7.24. The molecule has 1 aromatic rings. The fourth-order valence-electron chi connectivity index (χ4n) is 3.65. The molecule has 1 aliphatic carbocycles. The smallest absolute Gasteiger partial charge is 0.338 e. The van der Waals surface area contributed by atoms with Crippen LogP contribution in [0.3, 0.4) is 0 Å². The Morgan fingerprint density at radius 2 is 1.77 bits per heavy atom. The van der Waals surface area contributed by atoms with Gasteiger partial charge in [-0.15, -0.1) is 0 Å². The van der Waals surface area contributed by atoms with Crippen molar-refractivity contribution in [3.8, 4) is 0 Å². The van der Waals surface area contributed by atoms with Gasteiger partial charge in [0.2, 0.25) is 0 Å². The highest BCUT2D eigenvalue weighted by molar-refractivity contribution is 5.91. The molecule has 1 aliphatic rings. The zero-order valence-corrected chi connectivity index (χ0v) is 16.5. The average molecular weight is 360 g/mol. The number of hydrogen-bond donors (Lipinski definition) is 1. The summed E-state index contributed by atoms with van der Waals surface area (Å²) in [6.07, 6.45) is 3.35. The second-order valence-electron chi connectivity index (χ2n) is 7.24. The van der Waals surface area contributed by atoms with Crippen molar-refractivity contribution in [2.45, 2.75) is 53.0 Å². The maximum absolute atomic E-state index is 12.2. The van der Waals surface area contributed by atoms with Crippen molar-refractivity contribution >= 4 is 17.6 Å². The number of benzene rings is 1. The van der Waals surface area contributed by atoms with E-state index in [9.17, 15) is 9.59 Å². The Morgan fingerprint density at radius 1 is 1.12 bits per heavy atom. The second kappa shape index (κ2) is 9.60. The van der Waals surface area contributed by atoms with Gasteiger partial charge in [-0.2, -0.15) is 0 Å². The van der Waals surface area contributed by atoms with Crippen molar-refractivity contribution in [2.75, 3.05) is 24.6 Å². The van der Waals surface area contributed by atoms with Gasteiger partial charge in [0.05, 0.1) is 5.56 Å². The summed E-state index contributed by atoms with van der Waals surface area (Å²) in [4.78, 5) is 26.5. The van der Waals surface area contributed by atoms with E-state index in [-0.39, 0.29) is 18.6 Å².